The van der Waals surface area contributed by atoms with Crippen molar-refractivity contribution < 1.29 is 5.48 Å². The predicted molar refractivity (Wildman–Crippen MR) is 56.7 cm³/mol. The molecule has 0 aliphatic carbocycles. The van der Waals surface area contributed by atoms with Crippen LogP contribution in [0.4, 0.5) is 0 Å². The minimum Gasteiger partial charge on any atom is -0.412 e. The van der Waals surface area contributed by atoms with E-state index in [1.54, 1.807) is 0 Å². The lowest BCUT2D eigenvalue weighted by molar-refractivity contribution is 0.824. The monoisotopic (exact) mass is 194 g/mol. The molecule has 2 saturated heterocycles. The maximum atomic E-state index is 2.07. The van der Waals surface area contributed by atoms with Crippen molar-refractivity contribution >= 4 is 23.5 Å². The summed E-state index contributed by atoms with van der Waals surface area (Å²) >= 11 is 4.15. The molecule has 11 heavy (non-hydrogen) atoms. The van der Waals surface area contributed by atoms with Crippen molar-refractivity contribution in [3.05, 3.63) is 0 Å². The fourth-order valence-electron chi connectivity index (χ4n) is 1.02. The minimum absolute atomic E-state index is 0. The molecular formula is C8H18OS2. The highest BCUT2D eigenvalue weighted by Crippen LogP contribution is 2.15. The van der Waals surface area contributed by atoms with Crippen molar-refractivity contribution in [1.82, 2.24) is 0 Å². The summed E-state index contributed by atoms with van der Waals surface area (Å²) in [6.45, 7) is 0. The first-order valence-electron chi connectivity index (χ1n) is 4.15. The number of hydrogen-bond donors (Lipinski definition) is 0. The molecule has 0 aromatic carbocycles. The highest BCUT2D eigenvalue weighted by molar-refractivity contribution is 7.99. The van der Waals surface area contributed by atoms with Crippen LogP contribution in [0.2, 0.25) is 0 Å². The lowest BCUT2D eigenvalue weighted by Gasteiger charge is -1.69. The van der Waals surface area contributed by atoms with E-state index in [2.05, 4.69) is 23.5 Å². The molecule has 1 nitrogen and oxygen atoms in total. The zero-order valence-electron chi connectivity index (χ0n) is 6.97. The molecule has 2 aliphatic heterocycles. The van der Waals surface area contributed by atoms with E-state index in [1.807, 2.05) is 0 Å². The molecule has 0 atom stereocenters. The van der Waals surface area contributed by atoms with Crippen LogP contribution in [0.15, 0.2) is 0 Å². The molecule has 0 radical (unpaired) electrons. The molecule has 0 aromatic rings. The van der Waals surface area contributed by atoms with Gasteiger partial charge in [-0.15, -0.1) is 0 Å². The van der Waals surface area contributed by atoms with Gasteiger partial charge in [0.1, 0.15) is 0 Å². The topological polar surface area (TPSA) is 31.5 Å². The van der Waals surface area contributed by atoms with Crippen LogP contribution in [-0.2, 0) is 0 Å². The van der Waals surface area contributed by atoms with Gasteiger partial charge < -0.3 is 5.48 Å². The zero-order valence-corrected chi connectivity index (χ0v) is 8.61. The van der Waals surface area contributed by atoms with Crippen LogP contribution in [-0.4, -0.2) is 28.5 Å². The Labute approximate surface area is 78.0 Å². The molecule has 0 saturated carbocycles. The second-order valence-electron chi connectivity index (χ2n) is 2.64. The molecule has 0 spiro atoms. The second-order valence-corrected chi connectivity index (χ2v) is 5.09. The maximum Gasteiger partial charge on any atom is -0.00672 e. The fourth-order valence-corrected chi connectivity index (χ4v) is 3.06. The summed E-state index contributed by atoms with van der Waals surface area (Å²) in [6.07, 6.45) is 5.85. The maximum absolute atomic E-state index is 2.07. The van der Waals surface area contributed by atoms with Crippen molar-refractivity contribution in [3.63, 3.8) is 0 Å². The van der Waals surface area contributed by atoms with E-state index in [4.69, 9.17) is 0 Å². The van der Waals surface area contributed by atoms with E-state index in [9.17, 15) is 0 Å². The molecule has 2 aliphatic rings. The van der Waals surface area contributed by atoms with Crippen LogP contribution >= 0.6 is 23.5 Å². The van der Waals surface area contributed by atoms with E-state index in [0.717, 1.165) is 0 Å². The Morgan fingerprint density at radius 1 is 0.545 bits per heavy atom. The van der Waals surface area contributed by atoms with Gasteiger partial charge in [-0.2, -0.15) is 23.5 Å². The third-order valence-corrected chi connectivity index (χ3v) is 3.96. The standard InChI is InChI=1S/2C4H8S.H2O/c2*1-2-4-5-3-1;/h2*1-4H2;1H2. The Bertz CT molecular complexity index is 45.3. The van der Waals surface area contributed by atoms with Gasteiger partial charge in [-0.25, -0.2) is 0 Å². The molecular weight excluding hydrogens is 176 g/mol. The molecule has 0 aromatic heterocycles. The van der Waals surface area contributed by atoms with E-state index in [1.165, 1.54) is 48.7 Å². The normalized spacial score (nSPS) is 21.8. The van der Waals surface area contributed by atoms with Gasteiger partial charge in [-0.05, 0) is 48.7 Å². The summed E-state index contributed by atoms with van der Waals surface area (Å²) < 4.78 is 0. The first kappa shape index (κ1) is 11.7. The smallest absolute Gasteiger partial charge is 0.00672 e. The molecule has 2 heterocycles. The first-order chi connectivity index (χ1) is 5.00. The molecule has 0 bridgehead atoms. The Kier molecular flexibility index (Phi) is 9.28. The van der Waals surface area contributed by atoms with Crippen LogP contribution in [0.5, 0.6) is 0 Å². The van der Waals surface area contributed by atoms with Crippen LogP contribution < -0.4 is 0 Å². The average Bonchev–Trinajstić information content (AvgIpc) is 2.67. The van der Waals surface area contributed by atoms with Crippen molar-refractivity contribution in [2.45, 2.75) is 25.7 Å². The van der Waals surface area contributed by atoms with Crippen LogP contribution in [0.1, 0.15) is 25.7 Å². The molecule has 0 amide bonds. The van der Waals surface area contributed by atoms with Crippen molar-refractivity contribution in [2.24, 2.45) is 0 Å². The van der Waals surface area contributed by atoms with Gasteiger partial charge in [0.2, 0.25) is 0 Å². The van der Waals surface area contributed by atoms with Crippen LogP contribution in [0.25, 0.3) is 0 Å². The molecule has 3 heteroatoms. The summed E-state index contributed by atoms with van der Waals surface area (Å²) in [5.41, 5.74) is 0. The molecule has 68 valence electrons. The van der Waals surface area contributed by atoms with Gasteiger partial charge in [0.05, 0.1) is 0 Å². The van der Waals surface area contributed by atoms with E-state index in [0.29, 0.717) is 0 Å². The van der Waals surface area contributed by atoms with Crippen molar-refractivity contribution in [1.29, 1.82) is 0 Å². The van der Waals surface area contributed by atoms with Gasteiger partial charge >= 0.3 is 0 Å². The largest absolute Gasteiger partial charge is 0.412 e. The van der Waals surface area contributed by atoms with Crippen molar-refractivity contribution in [2.75, 3.05) is 23.0 Å². The van der Waals surface area contributed by atoms with E-state index >= 15 is 0 Å². The molecule has 0 unspecified atom stereocenters. The number of thioether (sulfide) groups is 2. The number of rotatable bonds is 0. The lowest BCUT2D eigenvalue weighted by atomic mass is 10.4. The highest BCUT2D eigenvalue weighted by atomic mass is 32.2. The van der Waals surface area contributed by atoms with Crippen LogP contribution in [0.3, 0.4) is 0 Å². The Balaban J connectivity index is 0.000000167. The van der Waals surface area contributed by atoms with Gasteiger partial charge in [0.15, 0.2) is 0 Å². The third-order valence-electron chi connectivity index (χ3n) is 1.65. The molecule has 2 N–H and O–H groups in total. The molecule has 2 fully saturated rings. The lowest BCUT2D eigenvalue weighted by Crippen LogP contribution is -1.58. The second kappa shape index (κ2) is 8.75. The van der Waals surface area contributed by atoms with Gasteiger partial charge in [0.25, 0.3) is 0 Å². The van der Waals surface area contributed by atoms with Crippen LogP contribution in [0, 0.1) is 0 Å². The number of hydrogen-bond acceptors (Lipinski definition) is 2. The zero-order chi connectivity index (χ0) is 7.07. The average molecular weight is 194 g/mol. The van der Waals surface area contributed by atoms with Gasteiger partial charge in [-0.3, -0.25) is 0 Å². The van der Waals surface area contributed by atoms with Crippen molar-refractivity contribution in [3.8, 4) is 0 Å². The SMILES string of the molecule is C1CCSC1.C1CCSC1.O. The fraction of sp³-hybridized carbons (Fsp3) is 1.00. The highest BCUT2D eigenvalue weighted by Gasteiger charge is 1.96. The predicted octanol–water partition coefficient (Wildman–Crippen LogP) is 2.20. The Hall–Kier alpha value is 0.660. The minimum atomic E-state index is 0. The summed E-state index contributed by atoms with van der Waals surface area (Å²) in [5.74, 6) is 5.67. The summed E-state index contributed by atoms with van der Waals surface area (Å²) in [6, 6.07) is 0. The molecule has 2 rings (SSSR count). The first-order valence-corrected chi connectivity index (χ1v) is 6.46. The quantitative estimate of drug-likeness (QED) is 0.592. The van der Waals surface area contributed by atoms with Gasteiger partial charge in [0, 0.05) is 0 Å². The van der Waals surface area contributed by atoms with Gasteiger partial charge in [-0.1, -0.05) is 0 Å². The summed E-state index contributed by atoms with van der Waals surface area (Å²) in [4.78, 5) is 0. The Morgan fingerprint density at radius 3 is 0.909 bits per heavy atom. The third kappa shape index (κ3) is 7.04. The summed E-state index contributed by atoms with van der Waals surface area (Å²) in [5, 5.41) is 0. The summed E-state index contributed by atoms with van der Waals surface area (Å²) in [7, 11) is 0. The Morgan fingerprint density at radius 2 is 0.818 bits per heavy atom. The van der Waals surface area contributed by atoms with E-state index in [-0.39, 0.29) is 5.48 Å². The van der Waals surface area contributed by atoms with E-state index < -0.39 is 0 Å².